The topological polar surface area (TPSA) is 58.2 Å². The summed E-state index contributed by atoms with van der Waals surface area (Å²) >= 11 is 1.58. The predicted octanol–water partition coefficient (Wildman–Crippen LogP) is 1.48. The number of carbonyl (C=O) groups excluding carboxylic acids is 2. The number of benzene rings is 1. The first-order valence-electron chi connectivity index (χ1n) is 5.41. The van der Waals surface area contributed by atoms with Gasteiger partial charge in [0, 0.05) is 17.9 Å². The molecule has 0 bridgehead atoms. The van der Waals surface area contributed by atoms with E-state index in [0.717, 1.165) is 10.6 Å². The Morgan fingerprint density at radius 2 is 2.24 bits per heavy atom. The average Bonchev–Trinajstić information content (AvgIpc) is 2.77. The summed E-state index contributed by atoms with van der Waals surface area (Å²) in [5.74, 6) is -0.398. The molecule has 1 aliphatic rings. The molecule has 1 aromatic rings. The number of carbonyl (C=O) groups is 2. The summed E-state index contributed by atoms with van der Waals surface area (Å²) < 4.78 is 0. The molecule has 90 valence electrons. The fourth-order valence-electron chi connectivity index (χ4n) is 1.77. The molecule has 2 N–H and O–H groups in total. The van der Waals surface area contributed by atoms with Crippen LogP contribution in [-0.4, -0.2) is 24.6 Å². The normalized spacial score (nSPS) is 18.9. The van der Waals surface area contributed by atoms with Crippen molar-refractivity contribution in [3.8, 4) is 0 Å². The molecule has 2 rings (SSSR count). The minimum atomic E-state index is -0.252. The fraction of sp³-hybridized carbons (Fsp3) is 0.333. The molecule has 0 spiro atoms. The van der Waals surface area contributed by atoms with E-state index in [1.807, 2.05) is 30.5 Å². The minimum absolute atomic E-state index is 0.0525. The molecule has 17 heavy (non-hydrogen) atoms. The van der Waals surface area contributed by atoms with Gasteiger partial charge < -0.3 is 10.6 Å². The molecular formula is C12H14N2O2S. The van der Waals surface area contributed by atoms with Gasteiger partial charge in [-0.1, -0.05) is 12.1 Å². The van der Waals surface area contributed by atoms with Crippen LogP contribution in [-0.2, 0) is 9.59 Å². The molecule has 1 aromatic carbocycles. The van der Waals surface area contributed by atoms with Gasteiger partial charge in [0.15, 0.2) is 0 Å². The Labute approximate surface area is 104 Å². The highest BCUT2D eigenvalue weighted by molar-refractivity contribution is 7.98. The van der Waals surface area contributed by atoms with Gasteiger partial charge in [-0.25, -0.2) is 0 Å². The maximum atomic E-state index is 11.9. The third-order valence-corrected chi connectivity index (χ3v) is 3.51. The lowest BCUT2D eigenvalue weighted by Gasteiger charge is -2.11. The van der Waals surface area contributed by atoms with Crippen LogP contribution in [0.1, 0.15) is 6.42 Å². The molecule has 1 heterocycles. The van der Waals surface area contributed by atoms with Gasteiger partial charge in [-0.3, -0.25) is 9.59 Å². The SMILES string of the molecule is CSc1ccccc1NC(=O)C1CNC(=O)C1. The van der Waals surface area contributed by atoms with Crippen molar-refractivity contribution in [1.82, 2.24) is 5.32 Å². The first-order chi connectivity index (χ1) is 8.20. The van der Waals surface area contributed by atoms with E-state index in [1.165, 1.54) is 0 Å². The Bertz CT molecular complexity index is 448. The standard InChI is InChI=1S/C12H14N2O2S/c1-17-10-5-3-2-4-9(10)14-12(16)8-6-11(15)13-7-8/h2-5,8H,6-7H2,1H3,(H,13,15)(H,14,16). The van der Waals surface area contributed by atoms with E-state index >= 15 is 0 Å². The Morgan fingerprint density at radius 3 is 2.88 bits per heavy atom. The van der Waals surface area contributed by atoms with Crippen molar-refractivity contribution in [1.29, 1.82) is 0 Å². The van der Waals surface area contributed by atoms with E-state index in [1.54, 1.807) is 11.8 Å². The second-order valence-corrected chi connectivity index (χ2v) is 4.74. The van der Waals surface area contributed by atoms with Gasteiger partial charge in [-0.05, 0) is 18.4 Å². The number of para-hydroxylation sites is 1. The average molecular weight is 250 g/mol. The quantitative estimate of drug-likeness (QED) is 0.799. The van der Waals surface area contributed by atoms with Crippen LogP contribution in [0.2, 0.25) is 0 Å². The second kappa shape index (κ2) is 5.23. The molecule has 2 amide bonds. The molecule has 1 atom stereocenters. The molecule has 5 heteroatoms. The number of rotatable bonds is 3. The summed E-state index contributed by atoms with van der Waals surface area (Å²) in [5.41, 5.74) is 0.810. The van der Waals surface area contributed by atoms with E-state index in [0.29, 0.717) is 6.54 Å². The summed E-state index contributed by atoms with van der Waals surface area (Å²) in [6.07, 6.45) is 2.25. The van der Waals surface area contributed by atoms with E-state index in [4.69, 9.17) is 0 Å². The van der Waals surface area contributed by atoms with E-state index in [9.17, 15) is 9.59 Å². The van der Waals surface area contributed by atoms with Crippen LogP contribution in [0, 0.1) is 5.92 Å². The number of anilines is 1. The number of thioether (sulfide) groups is 1. The summed E-state index contributed by atoms with van der Waals surface area (Å²) in [4.78, 5) is 24.0. The zero-order valence-electron chi connectivity index (χ0n) is 9.53. The zero-order chi connectivity index (χ0) is 12.3. The molecule has 0 aliphatic carbocycles. The Morgan fingerprint density at radius 1 is 1.47 bits per heavy atom. The molecule has 0 radical (unpaired) electrons. The predicted molar refractivity (Wildman–Crippen MR) is 68.0 cm³/mol. The van der Waals surface area contributed by atoms with Crippen LogP contribution >= 0.6 is 11.8 Å². The van der Waals surface area contributed by atoms with Crippen LogP contribution in [0.3, 0.4) is 0 Å². The van der Waals surface area contributed by atoms with Crippen LogP contribution in [0.4, 0.5) is 5.69 Å². The zero-order valence-corrected chi connectivity index (χ0v) is 10.3. The van der Waals surface area contributed by atoms with Gasteiger partial charge in [0.05, 0.1) is 11.6 Å². The summed E-state index contributed by atoms with van der Waals surface area (Å²) in [6, 6.07) is 7.64. The molecule has 1 fully saturated rings. The second-order valence-electron chi connectivity index (χ2n) is 3.89. The first-order valence-corrected chi connectivity index (χ1v) is 6.63. The van der Waals surface area contributed by atoms with Gasteiger partial charge in [0.2, 0.25) is 11.8 Å². The molecule has 1 unspecified atom stereocenters. The minimum Gasteiger partial charge on any atom is -0.355 e. The van der Waals surface area contributed by atoms with E-state index in [-0.39, 0.29) is 24.2 Å². The Balaban J connectivity index is 2.05. The van der Waals surface area contributed by atoms with Crippen molar-refractivity contribution >= 4 is 29.3 Å². The molecule has 4 nitrogen and oxygen atoms in total. The lowest BCUT2D eigenvalue weighted by atomic mass is 10.1. The van der Waals surface area contributed by atoms with Gasteiger partial charge in [0.25, 0.3) is 0 Å². The van der Waals surface area contributed by atoms with Crippen LogP contribution in [0.5, 0.6) is 0 Å². The highest BCUT2D eigenvalue weighted by Gasteiger charge is 2.28. The maximum absolute atomic E-state index is 11.9. The van der Waals surface area contributed by atoms with Crippen LogP contribution in [0.25, 0.3) is 0 Å². The van der Waals surface area contributed by atoms with Gasteiger partial charge in [-0.2, -0.15) is 0 Å². The van der Waals surface area contributed by atoms with E-state index < -0.39 is 0 Å². The molecular weight excluding hydrogens is 236 g/mol. The number of nitrogens with one attached hydrogen (secondary N) is 2. The van der Waals surface area contributed by atoms with Crippen molar-refractivity contribution in [2.75, 3.05) is 18.1 Å². The third kappa shape index (κ3) is 2.79. The van der Waals surface area contributed by atoms with Gasteiger partial charge in [-0.15, -0.1) is 11.8 Å². The summed E-state index contributed by atoms with van der Waals surface area (Å²) in [6.45, 7) is 0.437. The summed E-state index contributed by atoms with van der Waals surface area (Å²) in [5, 5.41) is 5.53. The van der Waals surface area contributed by atoms with Crippen molar-refractivity contribution in [3.05, 3.63) is 24.3 Å². The Kier molecular flexibility index (Phi) is 3.68. The lowest BCUT2D eigenvalue weighted by Crippen LogP contribution is -2.24. The molecule has 0 saturated carbocycles. The summed E-state index contributed by atoms with van der Waals surface area (Å²) in [7, 11) is 0. The number of hydrogen-bond acceptors (Lipinski definition) is 3. The molecule has 0 aromatic heterocycles. The largest absolute Gasteiger partial charge is 0.355 e. The monoisotopic (exact) mass is 250 g/mol. The van der Waals surface area contributed by atoms with Crippen molar-refractivity contribution in [2.24, 2.45) is 5.92 Å². The van der Waals surface area contributed by atoms with Crippen molar-refractivity contribution in [2.45, 2.75) is 11.3 Å². The fourth-order valence-corrected chi connectivity index (χ4v) is 2.33. The van der Waals surface area contributed by atoms with Crippen LogP contribution < -0.4 is 10.6 Å². The highest BCUT2D eigenvalue weighted by atomic mass is 32.2. The van der Waals surface area contributed by atoms with Gasteiger partial charge in [0.1, 0.15) is 0 Å². The highest BCUT2D eigenvalue weighted by Crippen LogP contribution is 2.25. The number of hydrogen-bond donors (Lipinski definition) is 2. The van der Waals surface area contributed by atoms with Crippen molar-refractivity contribution < 1.29 is 9.59 Å². The lowest BCUT2D eigenvalue weighted by molar-refractivity contribution is -0.123. The van der Waals surface area contributed by atoms with Crippen molar-refractivity contribution in [3.63, 3.8) is 0 Å². The Hall–Kier alpha value is -1.49. The maximum Gasteiger partial charge on any atom is 0.229 e. The van der Waals surface area contributed by atoms with Crippen LogP contribution in [0.15, 0.2) is 29.2 Å². The first kappa shape index (κ1) is 12.0. The van der Waals surface area contributed by atoms with Gasteiger partial charge >= 0.3 is 0 Å². The molecule has 1 aliphatic heterocycles. The smallest absolute Gasteiger partial charge is 0.229 e. The van der Waals surface area contributed by atoms with E-state index in [2.05, 4.69) is 10.6 Å². The molecule has 1 saturated heterocycles. The third-order valence-electron chi connectivity index (χ3n) is 2.71. The number of amides is 2.